The van der Waals surface area contributed by atoms with Gasteiger partial charge in [0.1, 0.15) is 5.92 Å². The van der Waals surface area contributed by atoms with Gasteiger partial charge in [0.25, 0.3) is 0 Å². The molecule has 0 unspecified atom stereocenters. The number of hydrogen-bond donors (Lipinski definition) is 2. The van der Waals surface area contributed by atoms with Crippen LogP contribution in [-0.2, 0) is 9.59 Å². The molecule has 88 valence electrons. The molecule has 1 heterocycles. The molecule has 4 nitrogen and oxygen atoms in total. The number of terminal acetylenes is 1. The molecule has 1 aliphatic rings. The lowest BCUT2D eigenvalue weighted by Crippen LogP contribution is -2.41. The SMILES string of the molecule is C#CCNC(=O)[C@H]1C(=O)NC[C@H]1C(C)(C)C. The summed E-state index contributed by atoms with van der Waals surface area (Å²) in [6, 6.07) is 0. The Kier molecular flexibility index (Phi) is 3.58. The van der Waals surface area contributed by atoms with Crippen molar-refractivity contribution >= 4 is 11.8 Å². The van der Waals surface area contributed by atoms with Crippen LogP contribution in [0.25, 0.3) is 0 Å². The summed E-state index contributed by atoms with van der Waals surface area (Å²) >= 11 is 0. The maximum absolute atomic E-state index is 11.8. The normalized spacial score (nSPS) is 24.8. The molecule has 1 rings (SSSR count). The molecule has 0 aromatic heterocycles. The first kappa shape index (κ1) is 12.6. The third kappa shape index (κ3) is 2.54. The van der Waals surface area contributed by atoms with Gasteiger partial charge in [-0.3, -0.25) is 9.59 Å². The van der Waals surface area contributed by atoms with Gasteiger partial charge in [0, 0.05) is 12.5 Å². The van der Waals surface area contributed by atoms with Gasteiger partial charge in [0.05, 0.1) is 6.54 Å². The molecular formula is C12H18N2O2. The molecule has 4 heteroatoms. The van der Waals surface area contributed by atoms with Gasteiger partial charge in [-0.2, -0.15) is 0 Å². The summed E-state index contributed by atoms with van der Waals surface area (Å²) in [5.41, 5.74) is -0.0860. The van der Waals surface area contributed by atoms with Crippen LogP contribution < -0.4 is 10.6 Å². The van der Waals surface area contributed by atoms with Crippen LogP contribution in [0, 0.1) is 29.6 Å². The highest BCUT2D eigenvalue weighted by Gasteiger charge is 2.45. The highest BCUT2D eigenvalue weighted by atomic mass is 16.2. The van der Waals surface area contributed by atoms with Crippen LogP contribution in [0.2, 0.25) is 0 Å². The summed E-state index contributed by atoms with van der Waals surface area (Å²) in [5.74, 6) is 1.25. The zero-order chi connectivity index (χ0) is 12.3. The molecule has 1 fully saturated rings. The van der Waals surface area contributed by atoms with Crippen LogP contribution in [0.1, 0.15) is 20.8 Å². The van der Waals surface area contributed by atoms with Gasteiger partial charge < -0.3 is 10.6 Å². The van der Waals surface area contributed by atoms with Gasteiger partial charge in [0.15, 0.2) is 0 Å². The maximum Gasteiger partial charge on any atom is 0.233 e. The van der Waals surface area contributed by atoms with Crippen molar-refractivity contribution in [2.45, 2.75) is 20.8 Å². The van der Waals surface area contributed by atoms with Gasteiger partial charge in [-0.1, -0.05) is 26.7 Å². The first-order valence-electron chi connectivity index (χ1n) is 5.37. The topological polar surface area (TPSA) is 58.2 Å². The van der Waals surface area contributed by atoms with E-state index in [0.717, 1.165) is 0 Å². The van der Waals surface area contributed by atoms with E-state index in [1.807, 2.05) is 20.8 Å². The Bertz CT molecular complexity index is 336. The van der Waals surface area contributed by atoms with Gasteiger partial charge in [0.2, 0.25) is 11.8 Å². The van der Waals surface area contributed by atoms with E-state index in [1.54, 1.807) is 0 Å². The Morgan fingerprint density at radius 1 is 1.62 bits per heavy atom. The lowest BCUT2D eigenvalue weighted by atomic mass is 9.74. The summed E-state index contributed by atoms with van der Waals surface area (Å²) in [6.07, 6.45) is 5.07. The number of rotatable bonds is 2. The van der Waals surface area contributed by atoms with Crippen molar-refractivity contribution in [2.24, 2.45) is 17.3 Å². The summed E-state index contributed by atoms with van der Waals surface area (Å²) in [7, 11) is 0. The molecule has 0 aromatic carbocycles. The van der Waals surface area contributed by atoms with Crippen LogP contribution in [-0.4, -0.2) is 24.9 Å². The van der Waals surface area contributed by atoms with Crippen LogP contribution >= 0.6 is 0 Å². The molecule has 2 N–H and O–H groups in total. The van der Waals surface area contributed by atoms with Gasteiger partial charge in [-0.05, 0) is 5.41 Å². The minimum atomic E-state index is -0.617. The third-order valence-electron chi connectivity index (χ3n) is 2.94. The number of nitrogens with one attached hydrogen (secondary N) is 2. The Hall–Kier alpha value is -1.50. The number of carbonyl (C=O) groups excluding carboxylic acids is 2. The third-order valence-corrected chi connectivity index (χ3v) is 2.94. The van der Waals surface area contributed by atoms with Gasteiger partial charge in [-0.15, -0.1) is 6.42 Å². The lowest BCUT2D eigenvalue weighted by molar-refractivity contribution is -0.135. The Balaban J connectivity index is 2.79. The number of amides is 2. The average molecular weight is 222 g/mol. The van der Waals surface area contributed by atoms with E-state index in [-0.39, 0.29) is 29.7 Å². The fourth-order valence-electron chi connectivity index (χ4n) is 1.98. The summed E-state index contributed by atoms with van der Waals surface area (Å²) in [5, 5.41) is 5.30. The van der Waals surface area contributed by atoms with E-state index in [2.05, 4.69) is 16.6 Å². The van der Waals surface area contributed by atoms with Gasteiger partial charge in [-0.25, -0.2) is 0 Å². The van der Waals surface area contributed by atoms with Crippen molar-refractivity contribution in [1.82, 2.24) is 10.6 Å². The van der Waals surface area contributed by atoms with E-state index < -0.39 is 5.92 Å². The second-order valence-electron chi connectivity index (χ2n) is 5.12. The minimum Gasteiger partial charge on any atom is -0.355 e. The highest BCUT2D eigenvalue weighted by Crippen LogP contribution is 2.35. The van der Waals surface area contributed by atoms with E-state index in [0.29, 0.717) is 6.54 Å². The lowest BCUT2D eigenvalue weighted by Gasteiger charge is -2.29. The van der Waals surface area contributed by atoms with Crippen LogP contribution in [0.4, 0.5) is 0 Å². The summed E-state index contributed by atoms with van der Waals surface area (Å²) in [6.45, 7) is 6.80. The van der Waals surface area contributed by atoms with Crippen LogP contribution in [0.5, 0.6) is 0 Å². The Morgan fingerprint density at radius 3 is 2.75 bits per heavy atom. The average Bonchev–Trinajstić information content (AvgIpc) is 2.56. The van der Waals surface area contributed by atoms with Crippen molar-refractivity contribution in [3.63, 3.8) is 0 Å². The molecule has 2 atom stereocenters. The number of hydrogen-bond acceptors (Lipinski definition) is 2. The molecule has 0 aromatic rings. The van der Waals surface area contributed by atoms with Crippen LogP contribution in [0.3, 0.4) is 0 Å². The predicted octanol–water partition coefficient (Wildman–Crippen LogP) is 0.144. The van der Waals surface area contributed by atoms with E-state index in [1.165, 1.54) is 0 Å². The zero-order valence-corrected chi connectivity index (χ0v) is 9.96. The first-order valence-corrected chi connectivity index (χ1v) is 5.37. The van der Waals surface area contributed by atoms with Crippen molar-refractivity contribution in [2.75, 3.05) is 13.1 Å². The van der Waals surface area contributed by atoms with E-state index in [9.17, 15) is 9.59 Å². The van der Waals surface area contributed by atoms with E-state index in [4.69, 9.17) is 6.42 Å². The maximum atomic E-state index is 11.8. The molecule has 1 aliphatic heterocycles. The number of carbonyl (C=O) groups is 2. The minimum absolute atomic E-state index is 0.0118. The quantitative estimate of drug-likeness (QED) is 0.516. The fraction of sp³-hybridized carbons (Fsp3) is 0.667. The van der Waals surface area contributed by atoms with Crippen molar-refractivity contribution < 1.29 is 9.59 Å². The molecule has 1 saturated heterocycles. The molecule has 16 heavy (non-hydrogen) atoms. The second kappa shape index (κ2) is 4.56. The van der Waals surface area contributed by atoms with E-state index >= 15 is 0 Å². The zero-order valence-electron chi connectivity index (χ0n) is 9.96. The fourth-order valence-corrected chi connectivity index (χ4v) is 1.98. The monoisotopic (exact) mass is 222 g/mol. The van der Waals surface area contributed by atoms with Crippen molar-refractivity contribution in [3.05, 3.63) is 0 Å². The second-order valence-corrected chi connectivity index (χ2v) is 5.12. The Labute approximate surface area is 96.2 Å². The first-order chi connectivity index (χ1) is 7.38. The Morgan fingerprint density at radius 2 is 2.25 bits per heavy atom. The molecule has 0 bridgehead atoms. The standard InChI is InChI=1S/C12H18N2O2/c1-5-6-13-10(15)9-8(12(2,3)4)7-14-11(9)16/h1,8-9H,6-7H2,2-4H3,(H,13,15)(H,14,16)/t8-,9+/m1/s1. The largest absolute Gasteiger partial charge is 0.355 e. The highest BCUT2D eigenvalue weighted by molar-refractivity contribution is 6.02. The summed E-state index contributed by atoms with van der Waals surface area (Å²) < 4.78 is 0. The van der Waals surface area contributed by atoms with Crippen molar-refractivity contribution in [3.8, 4) is 12.3 Å². The van der Waals surface area contributed by atoms with Gasteiger partial charge >= 0.3 is 0 Å². The summed E-state index contributed by atoms with van der Waals surface area (Å²) in [4.78, 5) is 23.4. The van der Waals surface area contributed by atoms with Crippen LogP contribution in [0.15, 0.2) is 0 Å². The molecule has 0 aliphatic carbocycles. The molecular weight excluding hydrogens is 204 g/mol. The molecule has 0 saturated carbocycles. The van der Waals surface area contributed by atoms with Crippen molar-refractivity contribution in [1.29, 1.82) is 0 Å². The smallest absolute Gasteiger partial charge is 0.233 e. The molecule has 2 amide bonds. The predicted molar refractivity (Wildman–Crippen MR) is 61.3 cm³/mol. The molecule has 0 spiro atoms. The molecule has 0 radical (unpaired) electrons.